The lowest BCUT2D eigenvalue weighted by molar-refractivity contribution is 0.0694. The summed E-state index contributed by atoms with van der Waals surface area (Å²) in [6.07, 6.45) is 7.83. The number of carbonyl (C=O) groups is 1. The lowest BCUT2D eigenvalue weighted by Gasteiger charge is -2.28. The molecule has 0 bridgehead atoms. The number of carbonyl (C=O) groups excluding carboxylic acids is 1. The molecule has 1 heterocycles. The number of rotatable bonds is 3. The molecule has 2 N–H and O–H groups in total. The molecule has 0 unspecified atom stereocenters. The van der Waals surface area contributed by atoms with Crippen molar-refractivity contribution >= 4 is 11.6 Å². The highest BCUT2D eigenvalue weighted by molar-refractivity contribution is 5.99. The van der Waals surface area contributed by atoms with E-state index in [1.54, 1.807) is 12.3 Å². The molecule has 0 spiro atoms. The van der Waals surface area contributed by atoms with Crippen LogP contribution in [-0.4, -0.2) is 28.4 Å². The van der Waals surface area contributed by atoms with Crippen LogP contribution in [0.1, 0.15) is 43.0 Å². The molecular weight excluding hydrogens is 214 g/mol. The van der Waals surface area contributed by atoms with E-state index in [2.05, 4.69) is 4.98 Å². The summed E-state index contributed by atoms with van der Waals surface area (Å²) in [6, 6.07) is 2.09. The first kappa shape index (κ1) is 11.9. The first-order valence-electron chi connectivity index (χ1n) is 6.24. The zero-order valence-electron chi connectivity index (χ0n) is 10.2. The molecule has 92 valence electrons. The SMILES string of the molecule is CCN(C(=O)c1ccncc1N)C1CCCC1. The lowest BCUT2D eigenvalue weighted by atomic mass is 10.1. The molecule has 1 saturated carbocycles. The Balaban J connectivity index is 2.20. The summed E-state index contributed by atoms with van der Waals surface area (Å²) in [6.45, 7) is 2.76. The summed E-state index contributed by atoms with van der Waals surface area (Å²) in [5, 5.41) is 0. The van der Waals surface area contributed by atoms with Crippen LogP contribution in [0.4, 0.5) is 5.69 Å². The number of nitrogens with two attached hydrogens (primary N) is 1. The van der Waals surface area contributed by atoms with Crippen molar-refractivity contribution in [3.63, 3.8) is 0 Å². The Morgan fingerprint density at radius 1 is 1.53 bits per heavy atom. The standard InChI is InChI=1S/C13H19N3O/c1-2-16(10-5-3-4-6-10)13(17)11-7-8-15-9-12(11)14/h7-10H,2-6,14H2,1H3. The molecule has 2 rings (SSSR count). The van der Waals surface area contributed by atoms with Crippen LogP contribution in [0.2, 0.25) is 0 Å². The molecule has 0 aromatic carbocycles. The van der Waals surface area contributed by atoms with E-state index in [4.69, 9.17) is 5.73 Å². The summed E-state index contributed by atoms with van der Waals surface area (Å²) >= 11 is 0. The second-order valence-corrected chi connectivity index (χ2v) is 4.49. The predicted octanol–water partition coefficient (Wildman–Crippen LogP) is 2.07. The van der Waals surface area contributed by atoms with Gasteiger partial charge in [0.2, 0.25) is 0 Å². The first-order valence-corrected chi connectivity index (χ1v) is 6.24. The molecule has 1 aromatic heterocycles. The van der Waals surface area contributed by atoms with Gasteiger partial charge in [-0.15, -0.1) is 0 Å². The normalized spacial score (nSPS) is 16.1. The monoisotopic (exact) mass is 233 g/mol. The maximum atomic E-state index is 12.4. The molecule has 1 amide bonds. The average molecular weight is 233 g/mol. The van der Waals surface area contributed by atoms with Crippen molar-refractivity contribution < 1.29 is 4.79 Å². The fourth-order valence-electron chi connectivity index (χ4n) is 2.54. The quantitative estimate of drug-likeness (QED) is 0.869. The van der Waals surface area contributed by atoms with E-state index in [-0.39, 0.29) is 5.91 Å². The highest BCUT2D eigenvalue weighted by Crippen LogP contribution is 2.25. The average Bonchev–Trinajstić information content (AvgIpc) is 2.84. The number of hydrogen-bond donors (Lipinski definition) is 1. The van der Waals surface area contributed by atoms with Crippen molar-refractivity contribution in [2.45, 2.75) is 38.6 Å². The minimum absolute atomic E-state index is 0.0410. The van der Waals surface area contributed by atoms with Gasteiger partial charge < -0.3 is 10.6 Å². The van der Waals surface area contributed by atoms with Crippen LogP contribution >= 0.6 is 0 Å². The van der Waals surface area contributed by atoms with Crippen molar-refractivity contribution in [2.75, 3.05) is 12.3 Å². The van der Waals surface area contributed by atoms with Gasteiger partial charge in [0.1, 0.15) is 0 Å². The van der Waals surface area contributed by atoms with E-state index in [0.717, 1.165) is 19.4 Å². The van der Waals surface area contributed by atoms with Gasteiger partial charge in [0.25, 0.3) is 5.91 Å². The molecule has 17 heavy (non-hydrogen) atoms. The Bertz CT molecular complexity index is 399. The van der Waals surface area contributed by atoms with Gasteiger partial charge in [-0.05, 0) is 25.8 Å². The molecule has 0 radical (unpaired) electrons. The van der Waals surface area contributed by atoms with Gasteiger partial charge in [0.05, 0.1) is 17.4 Å². The number of nitrogens with zero attached hydrogens (tertiary/aromatic N) is 2. The molecule has 1 fully saturated rings. The first-order chi connectivity index (χ1) is 8.24. The maximum absolute atomic E-state index is 12.4. The van der Waals surface area contributed by atoms with Gasteiger partial charge in [-0.3, -0.25) is 9.78 Å². The molecule has 1 aliphatic rings. The predicted molar refractivity (Wildman–Crippen MR) is 67.6 cm³/mol. The summed E-state index contributed by atoms with van der Waals surface area (Å²) < 4.78 is 0. The molecule has 0 aliphatic heterocycles. The summed E-state index contributed by atoms with van der Waals surface area (Å²) in [5.41, 5.74) is 6.85. The summed E-state index contributed by atoms with van der Waals surface area (Å²) in [7, 11) is 0. The number of hydrogen-bond acceptors (Lipinski definition) is 3. The van der Waals surface area contributed by atoms with E-state index in [1.807, 2.05) is 11.8 Å². The van der Waals surface area contributed by atoms with Crippen molar-refractivity contribution in [1.82, 2.24) is 9.88 Å². The van der Waals surface area contributed by atoms with Gasteiger partial charge in [0.15, 0.2) is 0 Å². The van der Waals surface area contributed by atoms with E-state index in [9.17, 15) is 4.79 Å². The van der Waals surface area contributed by atoms with Crippen molar-refractivity contribution in [2.24, 2.45) is 0 Å². The van der Waals surface area contributed by atoms with Gasteiger partial charge in [0, 0.05) is 18.8 Å². The summed E-state index contributed by atoms with van der Waals surface area (Å²) in [5.74, 6) is 0.0410. The van der Waals surface area contributed by atoms with E-state index < -0.39 is 0 Å². The third-order valence-corrected chi connectivity index (χ3v) is 3.45. The molecule has 4 heteroatoms. The highest BCUT2D eigenvalue weighted by Gasteiger charge is 2.26. The Hall–Kier alpha value is -1.58. The smallest absolute Gasteiger partial charge is 0.256 e. The van der Waals surface area contributed by atoms with Gasteiger partial charge in [-0.1, -0.05) is 12.8 Å². The lowest BCUT2D eigenvalue weighted by Crippen LogP contribution is -2.38. The van der Waals surface area contributed by atoms with E-state index >= 15 is 0 Å². The third-order valence-electron chi connectivity index (χ3n) is 3.45. The summed E-state index contributed by atoms with van der Waals surface area (Å²) in [4.78, 5) is 18.3. The number of pyridine rings is 1. The minimum atomic E-state index is 0.0410. The fourth-order valence-corrected chi connectivity index (χ4v) is 2.54. The third kappa shape index (κ3) is 2.40. The molecule has 4 nitrogen and oxygen atoms in total. The number of anilines is 1. The van der Waals surface area contributed by atoms with Gasteiger partial charge in [-0.2, -0.15) is 0 Å². The topological polar surface area (TPSA) is 59.2 Å². The van der Waals surface area contributed by atoms with Crippen LogP contribution in [0.25, 0.3) is 0 Å². The number of amides is 1. The van der Waals surface area contributed by atoms with Crippen LogP contribution in [0.3, 0.4) is 0 Å². The maximum Gasteiger partial charge on any atom is 0.256 e. The van der Waals surface area contributed by atoms with Gasteiger partial charge >= 0.3 is 0 Å². The molecule has 1 aromatic rings. The second-order valence-electron chi connectivity index (χ2n) is 4.49. The Kier molecular flexibility index (Phi) is 3.61. The molecular formula is C13H19N3O. The number of aromatic nitrogens is 1. The Labute approximate surface area is 102 Å². The largest absolute Gasteiger partial charge is 0.397 e. The Morgan fingerprint density at radius 3 is 2.82 bits per heavy atom. The van der Waals surface area contributed by atoms with Crippen molar-refractivity contribution in [1.29, 1.82) is 0 Å². The van der Waals surface area contributed by atoms with E-state index in [1.165, 1.54) is 19.0 Å². The van der Waals surface area contributed by atoms with Crippen LogP contribution in [0.15, 0.2) is 18.5 Å². The zero-order valence-corrected chi connectivity index (χ0v) is 10.2. The Morgan fingerprint density at radius 2 is 2.24 bits per heavy atom. The van der Waals surface area contributed by atoms with Crippen LogP contribution < -0.4 is 5.73 Å². The van der Waals surface area contributed by atoms with Crippen molar-refractivity contribution in [3.8, 4) is 0 Å². The van der Waals surface area contributed by atoms with Crippen molar-refractivity contribution in [3.05, 3.63) is 24.0 Å². The molecule has 0 saturated heterocycles. The minimum Gasteiger partial charge on any atom is -0.397 e. The van der Waals surface area contributed by atoms with Crippen LogP contribution in [-0.2, 0) is 0 Å². The van der Waals surface area contributed by atoms with E-state index in [0.29, 0.717) is 17.3 Å². The van der Waals surface area contributed by atoms with Crippen LogP contribution in [0.5, 0.6) is 0 Å². The fraction of sp³-hybridized carbons (Fsp3) is 0.538. The number of nitrogen functional groups attached to an aromatic ring is 1. The molecule has 0 atom stereocenters. The highest BCUT2D eigenvalue weighted by atomic mass is 16.2. The zero-order chi connectivity index (χ0) is 12.3. The van der Waals surface area contributed by atoms with Gasteiger partial charge in [-0.25, -0.2) is 0 Å². The molecule has 1 aliphatic carbocycles. The second kappa shape index (κ2) is 5.17. The van der Waals surface area contributed by atoms with Crippen LogP contribution in [0, 0.1) is 0 Å².